The van der Waals surface area contributed by atoms with Crippen molar-refractivity contribution < 1.29 is 14.4 Å². The Bertz CT molecular complexity index is 508. The molecular formula is C16H23BrN2O3. The maximum absolute atomic E-state index is 12.8. The van der Waals surface area contributed by atoms with Gasteiger partial charge in [0.2, 0.25) is 11.8 Å². The van der Waals surface area contributed by atoms with Crippen molar-refractivity contribution >= 4 is 33.5 Å². The molecule has 3 aliphatic rings. The number of hydrogen-bond donors (Lipinski definition) is 2. The molecule has 2 fully saturated rings. The number of Topliss-reactive ketones (excluding diaryl/α,β-unsaturated/α-hetero) is 1. The minimum Gasteiger partial charge on any atom is -0.370 e. The first-order chi connectivity index (χ1) is 10.3. The van der Waals surface area contributed by atoms with Crippen molar-refractivity contribution in [3.05, 3.63) is 12.2 Å². The molecule has 122 valence electrons. The van der Waals surface area contributed by atoms with Crippen molar-refractivity contribution in [2.45, 2.75) is 62.2 Å². The summed E-state index contributed by atoms with van der Waals surface area (Å²) in [5.41, 5.74) is 3.07. The van der Waals surface area contributed by atoms with Gasteiger partial charge in [-0.25, -0.2) is 0 Å². The largest absolute Gasteiger partial charge is 0.370 e. The van der Waals surface area contributed by atoms with E-state index in [0.29, 0.717) is 4.83 Å². The van der Waals surface area contributed by atoms with Crippen LogP contribution < -0.4 is 11.1 Å². The highest BCUT2D eigenvalue weighted by Gasteiger charge is 2.61. The zero-order valence-electron chi connectivity index (χ0n) is 12.9. The number of alkyl halides is 1. The molecule has 2 spiro atoms. The summed E-state index contributed by atoms with van der Waals surface area (Å²) in [5, 5.41) is 3.00. The fraction of sp³-hybridized carbons (Fsp3) is 0.688. The Morgan fingerprint density at radius 2 is 1.86 bits per heavy atom. The zero-order chi connectivity index (χ0) is 16.4. The number of carbonyl (C=O) groups is 3. The minimum atomic E-state index is -0.707. The van der Waals surface area contributed by atoms with E-state index in [0.717, 1.165) is 44.9 Å². The van der Waals surface area contributed by atoms with Crippen LogP contribution in [-0.2, 0) is 14.4 Å². The molecule has 0 aromatic heterocycles. The number of nitrogens with one attached hydrogen (secondary N) is 1. The lowest BCUT2D eigenvalue weighted by Crippen LogP contribution is -2.47. The van der Waals surface area contributed by atoms with Gasteiger partial charge in [0.25, 0.3) is 0 Å². The maximum atomic E-state index is 12.8. The summed E-state index contributed by atoms with van der Waals surface area (Å²) in [4.78, 5) is 34.7. The fourth-order valence-corrected chi connectivity index (χ4v) is 4.01. The quantitative estimate of drug-likeness (QED) is 0.388. The van der Waals surface area contributed by atoms with Crippen molar-refractivity contribution in [2.24, 2.45) is 11.1 Å². The minimum absolute atomic E-state index is 0.0233. The Morgan fingerprint density at radius 1 is 1.27 bits per heavy atom. The molecule has 0 aromatic carbocycles. The van der Waals surface area contributed by atoms with Crippen LogP contribution in [0.3, 0.4) is 0 Å². The Hall–Kier alpha value is -1.17. The number of halogens is 1. The third kappa shape index (κ3) is 3.12. The van der Waals surface area contributed by atoms with E-state index in [2.05, 4.69) is 27.0 Å². The number of carbonyl (C=O) groups excluding carboxylic acids is 3. The highest BCUT2D eigenvalue weighted by atomic mass is 79.9. The Morgan fingerprint density at radius 3 is 2.36 bits per heavy atom. The van der Waals surface area contributed by atoms with Gasteiger partial charge in [-0.3, -0.25) is 14.4 Å². The summed E-state index contributed by atoms with van der Waals surface area (Å²) >= 11 is 3.53. The molecule has 5 nitrogen and oxygen atoms in total. The summed E-state index contributed by atoms with van der Waals surface area (Å²) in [6, 6.07) is 0. The highest BCUT2D eigenvalue weighted by molar-refractivity contribution is 9.09. The van der Waals surface area contributed by atoms with Gasteiger partial charge in [-0.05, 0) is 25.7 Å². The molecule has 3 rings (SSSR count). The van der Waals surface area contributed by atoms with E-state index in [4.69, 9.17) is 0 Å². The first kappa shape index (κ1) is 17.2. The molecule has 0 bridgehead atoms. The Kier molecular flexibility index (Phi) is 5.10. The van der Waals surface area contributed by atoms with Gasteiger partial charge in [0, 0.05) is 11.8 Å². The summed E-state index contributed by atoms with van der Waals surface area (Å²) < 4.78 is 0. The summed E-state index contributed by atoms with van der Waals surface area (Å²) in [5.74, 6) is -0.222. The van der Waals surface area contributed by atoms with Crippen LogP contribution in [0.5, 0.6) is 0 Å². The molecule has 22 heavy (non-hydrogen) atoms. The summed E-state index contributed by atoms with van der Waals surface area (Å²) in [6.45, 7) is 1.31. The smallest absolute Gasteiger partial charge is 0.234 e. The van der Waals surface area contributed by atoms with E-state index in [1.54, 1.807) is 0 Å². The normalized spacial score (nSPS) is 32.5. The lowest BCUT2D eigenvalue weighted by Gasteiger charge is -2.32. The predicted octanol–water partition coefficient (Wildman–Crippen LogP) is 1.98. The third-order valence-electron chi connectivity index (χ3n) is 4.72. The van der Waals surface area contributed by atoms with Crippen LogP contribution in [-0.4, -0.2) is 28.0 Å². The van der Waals surface area contributed by atoms with Crippen molar-refractivity contribution in [1.29, 1.82) is 0 Å². The van der Waals surface area contributed by atoms with Crippen molar-refractivity contribution in [1.82, 2.24) is 5.32 Å². The van der Waals surface area contributed by atoms with Crippen LogP contribution in [0.2, 0.25) is 0 Å². The molecule has 2 amide bonds. The standard InChI is InChI=1S/C14H18BrNO2.C2H5NO/c15-10-4-8-14(9-5-10)11(17)13(12(18)16-14)6-2-1-3-7-13;1-2(3)4/h4,8,10H,1-3,5-7,9H2,(H,16,18);1H3,(H2,3,4). The first-order valence-corrected chi connectivity index (χ1v) is 8.71. The van der Waals surface area contributed by atoms with Gasteiger partial charge < -0.3 is 11.1 Å². The number of ketones is 1. The van der Waals surface area contributed by atoms with Crippen LogP contribution in [0.4, 0.5) is 0 Å². The number of nitrogens with two attached hydrogens (primary N) is 1. The molecule has 0 radical (unpaired) electrons. The molecule has 2 atom stereocenters. The average molecular weight is 371 g/mol. The monoisotopic (exact) mass is 370 g/mol. The van der Waals surface area contributed by atoms with E-state index in [-0.39, 0.29) is 17.6 Å². The predicted molar refractivity (Wildman–Crippen MR) is 87.4 cm³/mol. The third-order valence-corrected chi connectivity index (χ3v) is 5.49. The average Bonchev–Trinajstić information content (AvgIpc) is 2.66. The molecule has 6 heteroatoms. The summed E-state index contributed by atoms with van der Waals surface area (Å²) in [6.07, 6.45) is 10.2. The molecule has 1 heterocycles. The lowest BCUT2D eigenvalue weighted by atomic mass is 9.67. The first-order valence-electron chi connectivity index (χ1n) is 7.79. The number of hydrogen-bond acceptors (Lipinski definition) is 3. The molecule has 1 saturated heterocycles. The zero-order valence-corrected chi connectivity index (χ0v) is 14.4. The molecule has 2 unspecified atom stereocenters. The number of primary amides is 1. The van der Waals surface area contributed by atoms with Gasteiger partial charge in [-0.1, -0.05) is 47.3 Å². The van der Waals surface area contributed by atoms with Gasteiger partial charge in [0.05, 0.1) is 0 Å². The number of rotatable bonds is 0. The molecule has 3 N–H and O–H groups in total. The van der Waals surface area contributed by atoms with Crippen LogP contribution in [0.15, 0.2) is 12.2 Å². The topological polar surface area (TPSA) is 89.3 Å². The van der Waals surface area contributed by atoms with Gasteiger partial charge in [-0.2, -0.15) is 0 Å². The van der Waals surface area contributed by atoms with Gasteiger partial charge >= 0.3 is 0 Å². The highest BCUT2D eigenvalue weighted by Crippen LogP contribution is 2.47. The second-order valence-electron chi connectivity index (χ2n) is 6.42. The van der Waals surface area contributed by atoms with Crippen LogP contribution in [0, 0.1) is 5.41 Å². The van der Waals surface area contributed by atoms with E-state index in [1.807, 2.05) is 12.2 Å². The molecule has 1 aliphatic heterocycles. The van der Waals surface area contributed by atoms with Crippen LogP contribution >= 0.6 is 15.9 Å². The van der Waals surface area contributed by atoms with Crippen LogP contribution in [0.25, 0.3) is 0 Å². The SMILES string of the molecule is CC(N)=O.O=C1NC2(C=CC(Br)CC2)C(=O)C12CCCCC2. The number of allylic oxidation sites excluding steroid dienone is 1. The van der Waals surface area contributed by atoms with E-state index in [1.165, 1.54) is 6.92 Å². The second-order valence-corrected chi connectivity index (χ2v) is 7.60. The molecule has 1 saturated carbocycles. The molecule has 0 aromatic rings. The van der Waals surface area contributed by atoms with Crippen LogP contribution in [0.1, 0.15) is 51.9 Å². The van der Waals surface area contributed by atoms with Crippen molar-refractivity contribution in [2.75, 3.05) is 0 Å². The summed E-state index contributed by atoms with van der Waals surface area (Å²) in [7, 11) is 0. The Labute approximate surface area is 139 Å². The number of amides is 2. The van der Waals surface area contributed by atoms with Crippen molar-refractivity contribution in [3.63, 3.8) is 0 Å². The van der Waals surface area contributed by atoms with Crippen molar-refractivity contribution in [3.8, 4) is 0 Å². The van der Waals surface area contributed by atoms with Gasteiger partial charge in [0.1, 0.15) is 11.0 Å². The lowest BCUT2D eigenvalue weighted by molar-refractivity contribution is -0.138. The van der Waals surface area contributed by atoms with Gasteiger partial charge in [0.15, 0.2) is 5.78 Å². The maximum Gasteiger partial charge on any atom is 0.234 e. The van der Waals surface area contributed by atoms with E-state index in [9.17, 15) is 14.4 Å². The Balaban J connectivity index is 0.000000396. The molecule has 2 aliphatic carbocycles. The molecular weight excluding hydrogens is 348 g/mol. The second kappa shape index (κ2) is 6.52. The van der Waals surface area contributed by atoms with Gasteiger partial charge in [-0.15, -0.1) is 0 Å². The van der Waals surface area contributed by atoms with E-state index >= 15 is 0 Å². The van der Waals surface area contributed by atoms with E-state index < -0.39 is 11.0 Å². The fourth-order valence-electron chi connectivity index (χ4n) is 3.63.